The Bertz CT molecular complexity index is 782. The SMILES string of the molecule is CC(Sc1ccc(Cl)cc1)C(=O)NCc1cccc(OCCN2CCOCC2)c1. The minimum Gasteiger partial charge on any atom is -0.492 e. The molecule has 7 heteroatoms. The molecule has 1 N–H and O–H groups in total. The average molecular weight is 435 g/mol. The highest BCUT2D eigenvalue weighted by atomic mass is 35.5. The molecule has 0 bridgehead atoms. The third-order valence-electron chi connectivity index (χ3n) is 4.64. The maximum atomic E-state index is 12.4. The van der Waals surface area contributed by atoms with Crippen LogP contribution >= 0.6 is 23.4 Å². The van der Waals surface area contributed by atoms with Gasteiger partial charge in [-0.05, 0) is 48.9 Å². The predicted octanol–water partition coefficient (Wildman–Crippen LogP) is 3.85. The lowest BCUT2D eigenvalue weighted by molar-refractivity contribution is -0.120. The van der Waals surface area contributed by atoms with Crippen LogP contribution in [0, 0.1) is 0 Å². The van der Waals surface area contributed by atoms with Crippen molar-refractivity contribution in [3.8, 4) is 5.75 Å². The van der Waals surface area contributed by atoms with Gasteiger partial charge in [-0.3, -0.25) is 9.69 Å². The summed E-state index contributed by atoms with van der Waals surface area (Å²) in [6, 6.07) is 15.4. The first-order chi connectivity index (χ1) is 14.1. The van der Waals surface area contributed by atoms with E-state index in [-0.39, 0.29) is 11.2 Å². The zero-order valence-corrected chi connectivity index (χ0v) is 18.2. The number of nitrogens with zero attached hydrogens (tertiary/aromatic N) is 1. The van der Waals surface area contributed by atoms with Crippen molar-refractivity contribution < 1.29 is 14.3 Å². The van der Waals surface area contributed by atoms with Crippen LogP contribution in [0.15, 0.2) is 53.4 Å². The van der Waals surface area contributed by atoms with Crippen LogP contribution in [0.2, 0.25) is 5.02 Å². The summed E-state index contributed by atoms with van der Waals surface area (Å²) in [6.45, 7) is 7.43. The van der Waals surface area contributed by atoms with E-state index in [1.165, 1.54) is 11.8 Å². The van der Waals surface area contributed by atoms with E-state index in [4.69, 9.17) is 21.1 Å². The summed E-state index contributed by atoms with van der Waals surface area (Å²) in [7, 11) is 0. The smallest absolute Gasteiger partial charge is 0.233 e. The Labute approximate surface area is 181 Å². The number of nitrogens with one attached hydrogen (secondary N) is 1. The first-order valence-electron chi connectivity index (χ1n) is 9.82. The highest BCUT2D eigenvalue weighted by molar-refractivity contribution is 8.00. The van der Waals surface area contributed by atoms with Gasteiger partial charge in [-0.25, -0.2) is 0 Å². The molecule has 1 fully saturated rings. The lowest BCUT2D eigenvalue weighted by atomic mass is 10.2. The van der Waals surface area contributed by atoms with E-state index in [1.54, 1.807) is 0 Å². The molecule has 1 amide bonds. The van der Waals surface area contributed by atoms with Crippen LogP contribution in [-0.2, 0) is 16.1 Å². The number of hydrogen-bond acceptors (Lipinski definition) is 5. The van der Waals surface area contributed by atoms with Gasteiger partial charge in [0.2, 0.25) is 5.91 Å². The molecule has 0 aliphatic carbocycles. The molecule has 0 radical (unpaired) electrons. The Morgan fingerprint density at radius 2 is 2.00 bits per heavy atom. The van der Waals surface area contributed by atoms with Crippen molar-refractivity contribution in [1.29, 1.82) is 0 Å². The molecule has 1 saturated heterocycles. The van der Waals surface area contributed by atoms with Crippen LogP contribution < -0.4 is 10.1 Å². The summed E-state index contributed by atoms with van der Waals surface area (Å²) in [4.78, 5) is 15.8. The molecule has 5 nitrogen and oxygen atoms in total. The largest absolute Gasteiger partial charge is 0.492 e. The fraction of sp³-hybridized carbons (Fsp3) is 0.409. The van der Waals surface area contributed by atoms with Gasteiger partial charge in [-0.1, -0.05) is 23.7 Å². The molecule has 3 rings (SSSR count). The zero-order valence-electron chi connectivity index (χ0n) is 16.6. The van der Waals surface area contributed by atoms with Gasteiger partial charge < -0.3 is 14.8 Å². The minimum absolute atomic E-state index is 0.00332. The van der Waals surface area contributed by atoms with Gasteiger partial charge in [0.15, 0.2) is 0 Å². The number of ether oxygens (including phenoxy) is 2. The van der Waals surface area contributed by atoms with E-state index < -0.39 is 0 Å². The van der Waals surface area contributed by atoms with Gasteiger partial charge in [0.05, 0.1) is 18.5 Å². The fourth-order valence-electron chi connectivity index (χ4n) is 2.97. The van der Waals surface area contributed by atoms with E-state index in [2.05, 4.69) is 10.2 Å². The van der Waals surface area contributed by atoms with E-state index >= 15 is 0 Å². The molecule has 29 heavy (non-hydrogen) atoms. The Hall–Kier alpha value is -1.73. The van der Waals surface area contributed by atoms with Gasteiger partial charge in [0, 0.05) is 36.1 Å². The van der Waals surface area contributed by atoms with Crippen LogP contribution in [0.4, 0.5) is 0 Å². The number of thioether (sulfide) groups is 1. The predicted molar refractivity (Wildman–Crippen MR) is 118 cm³/mol. The normalized spacial score (nSPS) is 15.7. The van der Waals surface area contributed by atoms with Gasteiger partial charge >= 0.3 is 0 Å². The number of carbonyl (C=O) groups excluding carboxylic acids is 1. The second-order valence-corrected chi connectivity index (χ2v) is 8.73. The monoisotopic (exact) mass is 434 g/mol. The lowest BCUT2D eigenvalue weighted by Crippen LogP contribution is -2.38. The Morgan fingerprint density at radius 3 is 2.76 bits per heavy atom. The molecule has 1 heterocycles. The van der Waals surface area contributed by atoms with Crippen molar-refractivity contribution in [3.05, 3.63) is 59.1 Å². The van der Waals surface area contributed by atoms with Crippen LogP contribution in [-0.4, -0.2) is 55.5 Å². The number of halogens is 1. The zero-order chi connectivity index (χ0) is 20.5. The summed E-state index contributed by atoms with van der Waals surface area (Å²) < 4.78 is 11.2. The first kappa shape index (κ1) is 22.0. The van der Waals surface area contributed by atoms with Crippen molar-refractivity contribution >= 4 is 29.3 Å². The van der Waals surface area contributed by atoms with Crippen molar-refractivity contribution in [1.82, 2.24) is 10.2 Å². The van der Waals surface area contributed by atoms with Crippen molar-refractivity contribution in [2.75, 3.05) is 39.5 Å². The minimum atomic E-state index is -0.191. The number of hydrogen-bond donors (Lipinski definition) is 1. The molecule has 156 valence electrons. The number of amides is 1. The molecular weight excluding hydrogens is 408 g/mol. The second kappa shape index (κ2) is 11.5. The van der Waals surface area contributed by atoms with Crippen molar-refractivity contribution in [2.24, 2.45) is 0 Å². The van der Waals surface area contributed by atoms with Crippen molar-refractivity contribution in [3.63, 3.8) is 0 Å². The molecule has 2 aromatic carbocycles. The van der Waals surface area contributed by atoms with Crippen LogP contribution in [0.3, 0.4) is 0 Å². The third-order valence-corrected chi connectivity index (χ3v) is 6.00. The standard InChI is InChI=1S/C22H27ClN2O3S/c1-17(29-21-7-5-19(23)6-8-21)22(26)24-16-18-3-2-4-20(15-18)28-14-11-25-9-12-27-13-10-25/h2-8,15,17H,9-14,16H2,1H3,(H,24,26). The van der Waals surface area contributed by atoms with Crippen LogP contribution in [0.1, 0.15) is 12.5 Å². The van der Waals surface area contributed by atoms with Gasteiger partial charge in [0.25, 0.3) is 0 Å². The van der Waals surface area contributed by atoms with Gasteiger partial charge in [-0.15, -0.1) is 11.8 Å². The van der Waals surface area contributed by atoms with Gasteiger partial charge in [-0.2, -0.15) is 0 Å². The highest BCUT2D eigenvalue weighted by Crippen LogP contribution is 2.24. The van der Waals surface area contributed by atoms with Crippen LogP contribution in [0.5, 0.6) is 5.75 Å². The maximum Gasteiger partial charge on any atom is 0.233 e. The molecule has 1 aliphatic rings. The number of morpholine rings is 1. The summed E-state index contributed by atoms with van der Waals surface area (Å²) in [5, 5.41) is 3.50. The summed E-state index contributed by atoms with van der Waals surface area (Å²) >= 11 is 7.42. The third kappa shape index (κ3) is 7.55. The quantitative estimate of drug-likeness (QED) is 0.607. The molecule has 0 aromatic heterocycles. The van der Waals surface area contributed by atoms with Crippen molar-refractivity contribution in [2.45, 2.75) is 23.6 Å². The molecular formula is C22H27ClN2O3S. The molecule has 0 spiro atoms. The van der Waals surface area contributed by atoms with E-state index in [0.717, 1.165) is 49.1 Å². The first-order valence-corrected chi connectivity index (χ1v) is 11.1. The lowest BCUT2D eigenvalue weighted by Gasteiger charge is -2.26. The summed E-state index contributed by atoms with van der Waals surface area (Å²) in [5.74, 6) is 0.831. The van der Waals surface area contributed by atoms with E-state index in [9.17, 15) is 4.79 Å². The maximum absolute atomic E-state index is 12.4. The average Bonchev–Trinajstić information content (AvgIpc) is 2.75. The Kier molecular flexibility index (Phi) is 8.68. The van der Waals surface area contributed by atoms with E-state index in [0.29, 0.717) is 18.2 Å². The Morgan fingerprint density at radius 1 is 1.24 bits per heavy atom. The number of carbonyl (C=O) groups is 1. The highest BCUT2D eigenvalue weighted by Gasteiger charge is 2.14. The van der Waals surface area contributed by atoms with E-state index in [1.807, 2.05) is 55.5 Å². The van der Waals surface area contributed by atoms with Gasteiger partial charge in [0.1, 0.15) is 12.4 Å². The summed E-state index contributed by atoms with van der Waals surface area (Å²) in [5.41, 5.74) is 1.02. The molecule has 2 aromatic rings. The number of rotatable bonds is 9. The fourth-order valence-corrected chi connectivity index (χ4v) is 3.98. The molecule has 1 aliphatic heterocycles. The topological polar surface area (TPSA) is 50.8 Å². The second-order valence-electron chi connectivity index (χ2n) is 6.88. The molecule has 1 unspecified atom stereocenters. The summed E-state index contributed by atoms with van der Waals surface area (Å²) in [6.07, 6.45) is 0. The number of benzene rings is 2. The van der Waals surface area contributed by atoms with Crippen LogP contribution in [0.25, 0.3) is 0 Å². The Balaban J connectivity index is 1.41. The molecule has 1 atom stereocenters. The molecule has 0 saturated carbocycles.